The zero-order valence-electron chi connectivity index (χ0n) is 12.4. The van der Waals surface area contributed by atoms with E-state index in [4.69, 9.17) is 10.5 Å². The third kappa shape index (κ3) is 6.55. The first kappa shape index (κ1) is 20.6. The number of amides is 1. The van der Waals surface area contributed by atoms with Crippen LogP contribution >= 0.6 is 12.4 Å². The average Bonchev–Trinajstić information content (AvgIpc) is 2.44. The summed E-state index contributed by atoms with van der Waals surface area (Å²) in [5.41, 5.74) is 5.64. The van der Waals surface area contributed by atoms with Gasteiger partial charge in [-0.05, 0) is 18.1 Å². The number of aliphatic hydroxyl groups excluding tert-OH is 1. The molecule has 5 nitrogen and oxygen atoms in total. The van der Waals surface area contributed by atoms with E-state index in [0.717, 1.165) is 12.1 Å². The van der Waals surface area contributed by atoms with Crippen LogP contribution in [0.15, 0.2) is 18.2 Å². The number of nitrogens with one attached hydrogen (secondary N) is 1. The van der Waals surface area contributed by atoms with E-state index in [2.05, 4.69) is 5.32 Å². The van der Waals surface area contributed by atoms with Crippen LogP contribution in [-0.2, 0) is 4.79 Å². The number of aliphatic hydroxyl groups is 1. The van der Waals surface area contributed by atoms with E-state index in [-0.39, 0.29) is 43.1 Å². The lowest BCUT2D eigenvalue weighted by Gasteiger charge is -2.17. The molecule has 0 radical (unpaired) electrons. The molecule has 126 valence electrons. The third-order valence-electron chi connectivity index (χ3n) is 2.87. The monoisotopic (exact) mass is 338 g/mol. The number of halogens is 3. The van der Waals surface area contributed by atoms with Crippen LogP contribution in [0.2, 0.25) is 0 Å². The Balaban J connectivity index is 0.00000441. The minimum absolute atomic E-state index is 0. The number of ether oxygens (including phenoxy) is 1. The first-order valence-electron chi connectivity index (χ1n) is 6.60. The van der Waals surface area contributed by atoms with E-state index in [1.807, 2.05) is 13.8 Å². The normalized spacial score (nSPS) is 13.2. The predicted octanol–water partition coefficient (Wildman–Crippen LogP) is 1.23. The van der Waals surface area contributed by atoms with Crippen molar-refractivity contribution in [1.82, 2.24) is 5.32 Å². The van der Waals surface area contributed by atoms with Crippen LogP contribution in [0.4, 0.5) is 8.78 Å². The van der Waals surface area contributed by atoms with Gasteiger partial charge in [-0.3, -0.25) is 4.79 Å². The lowest BCUT2D eigenvalue weighted by atomic mass is 10.1. The molecule has 0 heterocycles. The van der Waals surface area contributed by atoms with Crippen molar-refractivity contribution in [2.75, 3.05) is 13.2 Å². The molecule has 0 bridgehead atoms. The lowest BCUT2D eigenvalue weighted by molar-refractivity contribution is -0.123. The maximum Gasteiger partial charge on any atom is 0.237 e. The van der Waals surface area contributed by atoms with Gasteiger partial charge in [-0.2, -0.15) is 0 Å². The molecule has 0 aromatic heterocycles. The van der Waals surface area contributed by atoms with Gasteiger partial charge < -0.3 is 20.9 Å². The number of carbonyl (C=O) groups is 1. The summed E-state index contributed by atoms with van der Waals surface area (Å²) in [7, 11) is 0. The molecule has 0 aliphatic carbocycles. The van der Waals surface area contributed by atoms with E-state index in [1.165, 1.54) is 6.07 Å². The van der Waals surface area contributed by atoms with Crippen LogP contribution in [0.1, 0.15) is 13.8 Å². The number of carbonyl (C=O) groups excluding carboxylic acids is 1. The fourth-order valence-electron chi connectivity index (χ4n) is 1.46. The van der Waals surface area contributed by atoms with Crippen LogP contribution in [0.5, 0.6) is 5.75 Å². The molecule has 8 heteroatoms. The van der Waals surface area contributed by atoms with E-state index in [0.29, 0.717) is 0 Å². The molecule has 1 rings (SSSR count). The number of nitrogens with two attached hydrogens (primary N) is 1. The molecule has 2 atom stereocenters. The second-order valence-corrected chi connectivity index (χ2v) is 5.06. The first-order chi connectivity index (χ1) is 9.81. The fraction of sp³-hybridized carbons (Fsp3) is 0.500. The Morgan fingerprint density at radius 3 is 2.55 bits per heavy atom. The Bertz CT molecular complexity index is 489. The lowest BCUT2D eigenvalue weighted by Crippen LogP contribution is -2.46. The van der Waals surface area contributed by atoms with Gasteiger partial charge in [0.1, 0.15) is 18.5 Å². The van der Waals surface area contributed by atoms with Crippen LogP contribution in [0.25, 0.3) is 0 Å². The Labute approximate surface area is 134 Å². The van der Waals surface area contributed by atoms with Crippen molar-refractivity contribution in [2.24, 2.45) is 11.7 Å². The largest absolute Gasteiger partial charge is 0.491 e. The summed E-state index contributed by atoms with van der Waals surface area (Å²) in [6.45, 7) is 3.42. The SMILES string of the molecule is CC(C)[C@H](N)C(=O)NCC(O)COc1ccc(F)c(F)c1.Cl. The Hall–Kier alpha value is -1.44. The maximum atomic E-state index is 12.9. The highest BCUT2D eigenvalue weighted by molar-refractivity contribution is 5.85. The summed E-state index contributed by atoms with van der Waals surface area (Å²) in [5, 5.41) is 12.1. The second-order valence-electron chi connectivity index (χ2n) is 5.06. The Morgan fingerprint density at radius 1 is 1.36 bits per heavy atom. The topological polar surface area (TPSA) is 84.6 Å². The molecule has 1 amide bonds. The molecule has 0 spiro atoms. The van der Waals surface area contributed by atoms with Crippen molar-refractivity contribution < 1.29 is 23.4 Å². The molecule has 1 unspecified atom stereocenters. The number of hydrogen-bond donors (Lipinski definition) is 3. The third-order valence-corrected chi connectivity index (χ3v) is 2.87. The molecule has 0 aliphatic rings. The zero-order chi connectivity index (χ0) is 16.0. The molecular weight excluding hydrogens is 318 g/mol. The minimum atomic E-state index is -1.03. The summed E-state index contributed by atoms with van der Waals surface area (Å²) in [6, 6.07) is 2.41. The van der Waals surface area contributed by atoms with E-state index in [1.54, 1.807) is 0 Å². The maximum absolute atomic E-state index is 12.9. The molecule has 0 saturated carbocycles. The minimum Gasteiger partial charge on any atom is -0.491 e. The molecule has 0 aliphatic heterocycles. The van der Waals surface area contributed by atoms with Gasteiger partial charge in [-0.15, -0.1) is 12.4 Å². The van der Waals surface area contributed by atoms with Crippen molar-refractivity contribution in [2.45, 2.75) is 26.0 Å². The highest BCUT2D eigenvalue weighted by Gasteiger charge is 2.18. The average molecular weight is 339 g/mol. The van der Waals surface area contributed by atoms with Gasteiger partial charge in [0.2, 0.25) is 5.91 Å². The van der Waals surface area contributed by atoms with Crippen LogP contribution in [0, 0.1) is 17.6 Å². The van der Waals surface area contributed by atoms with Crippen LogP contribution in [-0.4, -0.2) is 36.3 Å². The van der Waals surface area contributed by atoms with Crippen molar-refractivity contribution >= 4 is 18.3 Å². The standard InChI is InChI=1S/C14H20F2N2O3.ClH/c1-8(2)13(17)14(20)18-6-9(19)7-21-10-3-4-11(15)12(16)5-10;/h3-5,8-9,13,19H,6-7,17H2,1-2H3,(H,18,20);1H/t9?,13-;/m0./s1. The second kappa shape index (κ2) is 9.55. The van der Waals surface area contributed by atoms with Crippen molar-refractivity contribution in [3.05, 3.63) is 29.8 Å². The fourth-order valence-corrected chi connectivity index (χ4v) is 1.46. The summed E-state index contributed by atoms with van der Waals surface area (Å²) in [4.78, 5) is 11.6. The molecule has 4 N–H and O–H groups in total. The summed E-state index contributed by atoms with van der Waals surface area (Å²) in [6.07, 6.45) is -0.985. The predicted molar refractivity (Wildman–Crippen MR) is 80.9 cm³/mol. The van der Waals surface area contributed by atoms with Crippen molar-refractivity contribution in [3.8, 4) is 5.75 Å². The summed E-state index contributed by atoms with van der Waals surface area (Å²) in [5.74, 6) is -2.29. The van der Waals surface area contributed by atoms with E-state index >= 15 is 0 Å². The molecule has 22 heavy (non-hydrogen) atoms. The smallest absolute Gasteiger partial charge is 0.237 e. The van der Waals surface area contributed by atoms with Gasteiger partial charge in [0.05, 0.1) is 6.04 Å². The van der Waals surface area contributed by atoms with Gasteiger partial charge in [-0.25, -0.2) is 8.78 Å². The summed E-state index contributed by atoms with van der Waals surface area (Å²) >= 11 is 0. The Kier molecular flexibility index (Phi) is 8.93. The molecule has 1 aromatic rings. The van der Waals surface area contributed by atoms with Gasteiger partial charge in [0, 0.05) is 12.6 Å². The van der Waals surface area contributed by atoms with Crippen LogP contribution < -0.4 is 15.8 Å². The highest BCUT2D eigenvalue weighted by Crippen LogP contribution is 2.15. The van der Waals surface area contributed by atoms with Crippen molar-refractivity contribution in [1.29, 1.82) is 0 Å². The van der Waals surface area contributed by atoms with Gasteiger partial charge in [-0.1, -0.05) is 13.8 Å². The number of hydrogen-bond acceptors (Lipinski definition) is 4. The van der Waals surface area contributed by atoms with E-state index in [9.17, 15) is 18.7 Å². The molecular formula is C14H21ClF2N2O3. The van der Waals surface area contributed by atoms with Gasteiger partial charge in [0.15, 0.2) is 11.6 Å². The van der Waals surface area contributed by atoms with Gasteiger partial charge >= 0.3 is 0 Å². The molecule has 0 fully saturated rings. The first-order valence-corrected chi connectivity index (χ1v) is 6.60. The van der Waals surface area contributed by atoms with Crippen LogP contribution in [0.3, 0.4) is 0 Å². The highest BCUT2D eigenvalue weighted by atomic mass is 35.5. The number of rotatable bonds is 7. The van der Waals surface area contributed by atoms with Crippen molar-refractivity contribution in [3.63, 3.8) is 0 Å². The van der Waals surface area contributed by atoms with E-state index < -0.39 is 23.8 Å². The molecule has 1 aromatic carbocycles. The number of benzene rings is 1. The quantitative estimate of drug-likeness (QED) is 0.698. The molecule has 0 saturated heterocycles. The summed E-state index contributed by atoms with van der Waals surface area (Å²) < 4.78 is 30.7. The zero-order valence-corrected chi connectivity index (χ0v) is 13.2. The Morgan fingerprint density at radius 2 is 2.00 bits per heavy atom. The van der Waals surface area contributed by atoms with Gasteiger partial charge in [0.25, 0.3) is 0 Å².